The van der Waals surface area contributed by atoms with E-state index in [1.165, 1.54) is 0 Å². The first-order valence-corrected chi connectivity index (χ1v) is 10.9. The van der Waals surface area contributed by atoms with Gasteiger partial charge >= 0.3 is 0 Å². The minimum absolute atomic E-state index is 0.0140. The van der Waals surface area contributed by atoms with Gasteiger partial charge in [0, 0.05) is 23.6 Å². The van der Waals surface area contributed by atoms with Crippen LogP contribution in [0.3, 0.4) is 0 Å². The molecule has 1 N–H and O–H groups in total. The molecule has 33 heavy (non-hydrogen) atoms. The summed E-state index contributed by atoms with van der Waals surface area (Å²) in [6.07, 6.45) is 1.09. The molecule has 1 aromatic heterocycles. The number of aryl methyl sites for hydroxylation is 1. The van der Waals surface area contributed by atoms with Crippen molar-refractivity contribution < 1.29 is 23.5 Å². The molecule has 170 valence electrons. The molecular weight excluding hydrogens is 420 g/mol. The van der Waals surface area contributed by atoms with E-state index in [2.05, 4.69) is 10.5 Å². The van der Waals surface area contributed by atoms with Gasteiger partial charge in [0.15, 0.2) is 17.3 Å². The van der Waals surface area contributed by atoms with Crippen LogP contribution in [0, 0.1) is 6.92 Å². The van der Waals surface area contributed by atoms with Gasteiger partial charge in [-0.05, 0) is 54.7 Å². The van der Waals surface area contributed by atoms with E-state index >= 15 is 0 Å². The zero-order chi connectivity index (χ0) is 23.1. The molecule has 0 fully saturated rings. The number of hydrogen-bond donors (Lipinski definition) is 1. The highest BCUT2D eigenvalue weighted by molar-refractivity contribution is 6.01. The Labute approximate surface area is 192 Å². The monoisotopic (exact) mass is 446 g/mol. The third-order valence-electron chi connectivity index (χ3n) is 6.56. The molecule has 3 aromatic rings. The summed E-state index contributed by atoms with van der Waals surface area (Å²) in [4.78, 5) is 13.6. The zero-order valence-electron chi connectivity index (χ0n) is 19.1. The summed E-state index contributed by atoms with van der Waals surface area (Å²) in [6.45, 7) is 1.91. The van der Waals surface area contributed by atoms with Crippen LogP contribution in [0.4, 0.5) is 5.88 Å². The molecule has 1 aliphatic heterocycles. The molecule has 0 saturated carbocycles. The maximum Gasteiger partial charge on any atom is 0.233 e. The number of hydrogen-bond acceptors (Lipinski definition) is 7. The molecule has 2 aliphatic rings. The smallest absolute Gasteiger partial charge is 0.233 e. The number of allylic oxidation sites excluding steroid dienone is 2. The average Bonchev–Trinajstić information content (AvgIpc) is 3.22. The second kappa shape index (κ2) is 8.31. The quantitative estimate of drug-likeness (QED) is 0.593. The molecule has 0 bridgehead atoms. The van der Waals surface area contributed by atoms with Crippen LogP contribution in [0.1, 0.15) is 47.1 Å². The van der Waals surface area contributed by atoms with Crippen molar-refractivity contribution in [3.8, 4) is 17.2 Å². The third kappa shape index (κ3) is 3.53. The number of nitrogens with zero attached hydrogens (tertiary/aromatic N) is 1. The van der Waals surface area contributed by atoms with E-state index < -0.39 is 0 Å². The van der Waals surface area contributed by atoms with E-state index in [4.69, 9.17) is 18.7 Å². The van der Waals surface area contributed by atoms with Crippen molar-refractivity contribution in [2.75, 3.05) is 26.6 Å². The predicted octanol–water partition coefficient (Wildman–Crippen LogP) is 4.97. The van der Waals surface area contributed by atoms with Crippen molar-refractivity contribution in [3.63, 3.8) is 0 Å². The molecule has 2 aromatic carbocycles. The van der Waals surface area contributed by atoms with Crippen LogP contribution in [0.5, 0.6) is 17.2 Å². The summed E-state index contributed by atoms with van der Waals surface area (Å²) in [5.74, 6) is 2.54. The summed E-state index contributed by atoms with van der Waals surface area (Å²) >= 11 is 0. The van der Waals surface area contributed by atoms with E-state index in [0.717, 1.165) is 39.4 Å². The summed E-state index contributed by atoms with van der Waals surface area (Å²) in [6, 6.07) is 13.7. The van der Waals surface area contributed by atoms with Crippen molar-refractivity contribution in [2.24, 2.45) is 0 Å². The van der Waals surface area contributed by atoms with Crippen LogP contribution in [-0.2, 0) is 4.79 Å². The predicted molar refractivity (Wildman–Crippen MR) is 123 cm³/mol. The van der Waals surface area contributed by atoms with E-state index in [9.17, 15) is 4.79 Å². The molecule has 0 radical (unpaired) electrons. The SMILES string of the molecule is COc1cccc(C2C3=C(CC(c4ccc(OC)c(OC)c4)CC3=O)Nc3onc(C)c32)c1. The van der Waals surface area contributed by atoms with E-state index in [0.29, 0.717) is 30.2 Å². The lowest BCUT2D eigenvalue weighted by Gasteiger charge is -2.34. The fourth-order valence-corrected chi connectivity index (χ4v) is 4.97. The van der Waals surface area contributed by atoms with E-state index in [-0.39, 0.29) is 17.6 Å². The molecule has 1 aliphatic carbocycles. The number of rotatable bonds is 5. The molecular formula is C26H26N2O5. The Morgan fingerprint density at radius 1 is 0.970 bits per heavy atom. The molecule has 2 unspecified atom stereocenters. The first-order chi connectivity index (χ1) is 16.0. The van der Waals surface area contributed by atoms with Gasteiger partial charge in [-0.1, -0.05) is 23.4 Å². The van der Waals surface area contributed by atoms with Gasteiger partial charge in [-0.3, -0.25) is 4.79 Å². The number of fused-ring (bicyclic) bond motifs is 1. The summed E-state index contributed by atoms with van der Waals surface area (Å²) < 4.78 is 21.9. The number of benzene rings is 2. The van der Waals surface area contributed by atoms with E-state index in [1.807, 2.05) is 49.4 Å². The Morgan fingerprint density at radius 3 is 2.55 bits per heavy atom. The first-order valence-electron chi connectivity index (χ1n) is 10.9. The van der Waals surface area contributed by atoms with Gasteiger partial charge in [0.05, 0.1) is 32.6 Å². The Hall–Kier alpha value is -3.74. The normalized spacial score (nSPS) is 19.5. The summed E-state index contributed by atoms with van der Waals surface area (Å²) in [5, 5.41) is 7.55. The fourth-order valence-electron chi connectivity index (χ4n) is 4.97. The Balaban J connectivity index is 1.58. The van der Waals surface area contributed by atoms with Gasteiger partial charge in [-0.15, -0.1) is 0 Å². The van der Waals surface area contributed by atoms with Crippen molar-refractivity contribution in [1.82, 2.24) is 5.16 Å². The number of nitrogens with one attached hydrogen (secondary N) is 1. The molecule has 5 rings (SSSR count). The summed E-state index contributed by atoms with van der Waals surface area (Å²) in [7, 11) is 4.87. The minimum Gasteiger partial charge on any atom is -0.497 e. The number of ketones is 1. The largest absolute Gasteiger partial charge is 0.497 e. The lowest BCUT2D eigenvalue weighted by atomic mass is 9.72. The van der Waals surface area contributed by atoms with Crippen LogP contribution in [0.15, 0.2) is 58.3 Å². The Bertz CT molecular complexity index is 1260. The topological polar surface area (TPSA) is 82.8 Å². The molecule has 2 heterocycles. The molecule has 7 nitrogen and oxygen atoms in total. The van der Waals surface area contributed by atoms with Gasteiger partial charge in [0.25, 0.3) is 0 Å². The van der Waals surface area contributed by atoms with Crippen molar-refractivity contribution in [2.45, 2.75) is 31.6 Å². The number of methoxy groups -OCH3 is 3. The number of ether oxygens (including phenoxy) is 3. The Morgan fingerprint density at radius 2 is 1.79 bits per heavy atom. The number of anilines is 1. The molecule has 2 atom stereocenters. The third-order valence-corrected chi connectivity index (χ3v) is 6.56. The fraction of sp³-hybridized carbons (Fsp3) is 0.308. The number of carbonyl (C=O) groups is 1. The first kappa shape index (κ1) is 21.1. The van der Waals surface area contributed by atoms with Gasteiger partial charge in [-0.2, -0.15) is 0 Å². The lowest BCUT2D eigenvalue weighted by Crippen LogP contribution is -2.29. The standard InChI is InChI=1S/C26H26N2O5/c1-14-23-24(16-6-5-7-18(10-16)30-2)25-19(27-26(23)33-28-14)11-17(12-20(25)29)15-8-9-21(31-3)22(13-15)32-4/h5-10,13,17,24,27H,11-12H2,1-4H3. The number of Topliss-reactive ketones (excluding diaryl/α,β-unsaturated/α-hetero) is 1. The highest BCUT2D eigenvalue weighted by Gasteiger charge is 2.41. The lowest BCUT2D eigenvalue weighted by molar-refractivity contribution is -0.116. The van der Waals surface area contributed by atoms with E-state index in [1.54, 1.807) is 21.3 Å². The highest BCUT2D eigenvalue weighted by Crippen LogP contribution is 2.49. The van der Waals surface area contributed by atoms with Crippen LogP contribution in [-0.4, -0.2) is 32.3 Å². The zero-order valence-corrected chi connectivity index (χ0v) is 19.1. The van der Waals surface area contributed by atoms with Crippen LogP contribution < -0.4 is 19.5 Å². The van der Waals surface area contributed by atoms with Crippen LogP contribution >= 0.6 is 0 Å². The second-order valence-corrected chi connectivity index (χ2v) is 8.38. The average molecular weight is 447 g/mol. The van der Waals surface area contributed by atoms with Gasteiger partial charge < -0.3 is 24.1 Å². The number of aromatic nitrogens is 1. The van der Waals surface area contributed by atoms with Gasteiger partial charge in [0.1, 0.15) is 5.75 Å². The highest BCUT2D eigenvalue weighted by atomic mass is 16.5. The molecule has 0 saturated heterocycles. The van der Waals surface area contributed by atoms with Gasteiger partial charge in [-0.25, -0.2) is 0 Å². The molecule has 7 heteroatoms. The van der Waals surface area contributed by atoms with Crippen LogP contribution in [0.25, 0.3) is 0 Å². The van der Waals surface area contributed by atoms with Crippen molar-refractivity contribution >= 4 is 11.7 Å². The van der Waals surface area contributed by atoms with Crippen LogP contribution in [0.2, 0.25) is 0 Å². The maximum absolute atomic E-state index is 13.6. The van der Waals surface area contributed by atoms with Crippen molar-refractivity contribution in [1.29, 1.82) is 0 Å². The summed E-state index contributed by atoms with van der Waals surface area (Å²) in [5.41, 5.74) is 5.34. The Kier molecular flexibility index (Phi) is 5.32. The minimum atomic E-state index is -0.253. The molecule has 0 spiro atoms. The van der Waals surface area contributed by atoms with Gasteiger partial charge in [0.2, 0.25) is 5.88 Å². The van der Waals surface area contributed by atoms with Crippen molar-refractivity contribution in [3.05, 3.63) is 76.1 Å². The molecule has 0 amide bonds. The second-order valence-electron chi connectivity index (χ2n) is 8.38. The maximum atomic E-state index is 13.6. The number of carbonyl (C=O) groups excluding carboxylic acids is 1.